The second-order valence-electron chi connectivity index (χ2n) is 6.32. The van der Waals surface area contributed by atoms with Crippen LogP contribution in [0.3, 0.4) is 0 Å². The lowest BCUT2D eigenvalue weighted by atomic mass is 9.72. The van der Waals surface area contributed by atoms with Gasteiger partial charge < -0.3 is 5.11 Å². The number of aliphatic carboxylic acids is 1. The Morgan fingerprint density at radius 3 is 2.19 bits per heavy atom. The second kappa shape index (κ2) is 4.74. The molecule has 3 nitrogen and oxygen atoms in total. The van der Waals surface area contributed by atoms with Crippen molar-refractivity contribution in [1.29, 1.82) is 0 Å². The van der Waals surface area contributed by atoms with Gasteiger partial charge in [-0.25, -0.2) is 0 Å². The van der Waals surface area contributed by atoms with Crippen LogP contribution in [0.2, 0.25) is 0 Å². The number of carboxylic acid groups (broad SMARTS) is 1. The van der Waals surface area contributed by atoms with Gasteiger partial charge in [-0.2, -0.15) is 0 Å². The lowest BCUT2D eigenvalue weighted by Gasteiger charge is -2.49. The standard InChI is InChI=1S/C13H25NO2/c1-9(2)10-6-11(7-10)14(8-12(15)16)13(3,4)5/h9-11H,6-8H2,1-5H3,(H,15,16). The first kappa shape index (κ1) is 13.5. The maximum atomic E-state index is 10.9. The first-order valence-electron chi connectivity index (χ1n) is 6.20. The third-order valence-electron chi connectivity index (χ3n) is 3.70. The summed E-state index contributed by atoms with van der Waals surface area (Å²) in [5, 5.41) is 8.95. The van der Waals surface area contributed by atoms with E-state index in [0.717, 1.165) is 24.7 Å². The molecule has 1 N–H and O–H groups in total. The van der Waals surface area contributed by atoms with Crippen molar-refractivity contribution < 1.29 is 9.90 Å². The molecule has 1 aliphatic rings. The fourth-order valence-electron chi connectivity index (χ4n) is 2.49. The van der Waals surface area contributed by atoms with Gasteiger partial charge in [0.05, 0.1) is 6.54 Å². The molecule has 0 heterocycles. The number of nitrogens with zero attached hydrogens (tertiary/aromatic N) is 1. The van der Waals surface area contributed by atoms with Crippen LogP contribution in [0.25, 0.3) is 0 Å². The molecule has 1 rings (SSSR count). The molecule has 0 radical (unpaired) electrons. The molecule has 1 fully saturated rings. The Morgan fingerprint density at radius 1 is 1.38 bits per heavy atom. The van der Waals surface area contributed by atoms with E-state index in [9.17, 15) is 4.79 Å². The minimum absolute atomic E-state index is 0.0506. The fourth-order valence-corrected chi connectivity index (χ4v) is 2.49. The third-order valence-corrected chi connectivity index (χ3v) is 3.70. The second-order valence-corrected chi connectivity index (χ2v) is 6.32. The van der Waals surface area contributed by atoms with Crippen molar-refractivity contribution in [2.24, 2.45) is 11.8 Å². The van der Waals surface area contributed by atoms with Gasteiger partial charge in [0, 0.05) is 11.6 Å². The van der Waals surface area contributed by atoms with E-state index in [0.29, 0.717) is 6.04 Å². The van der Waals surface area contributed by atoms with Crippen LogP contribution >= 0.6 is 0 Å². The van der Waals surface area contributed by atoms with Gasteiger partial charge in [-0.3, -0.25) is 9.69 Å². The van der Waals surface area contributed by atoms with E-state index in [1.54, 1.807) is 0 Å². The topological polar surface area (TPSA) is 40.5 Å². The maximum absolute atomic E-state index is 10.9. The average molecular weight is 227 g/mol. The van der Waals surface area contributed by atoms with Crippen molar-refractivity contribution in [1.82, 2.24) is 4.90 Å². The largest absolute Gasteiger partial charge is 0.480 e. The molecule has 0 atom stereocenters. The molecule has 94 valence electrons. The predicted octanol–water partition coefficient (Wildman–Crippen LogP) is 2.61. The molecular weight excluding hydrogens is 202 g/mol. The van der Waals surface area contributed by atoms with Gasteiger partial charge in [-0.1, -0.05) is 13.8 Å². The quantitative estimate of drug-likeness (QED) is 0.802. The maximum Gasteiger partial charge on any atom is 0.317 e. The number of rotatable bonds is 4. The van der Waals surface area contributed by atoms with Crippen LogP contribution in [0.15, 0.2) is 0 Å². The summed E-state index contributed by atoms with van der Waals surface area (Å²) < 4.78 is 0. The van der Waals surface area contributed by atoms with Crippen LogP contribution in [0, 0.1) is 11.8 Å². The van der Waals surface area contributed by atoms with Crippen LogP contribution in [0.1, 0.15) is 47.5 Å². The summed E-state index contributed by atoms with van der Waals surface area (Å²) in [5.41, 5.74) is -0.0506. The smallest absolute Gasteiger partial charge is 0.317 e. The lowest BCUT2D eigenvalue weighted by Crippen LogP contribution is -2.55. The van der Waals surface area contributed by atoms with Crippen LogP contribution in [0.4, 0.5) is 0 Å². The highest BCUT2D eigenvalue weighted by atomic mass is 16.4. The van der Waals surface area contributed by atoms with E-state index in [-0.39, 0.29) is 12.1 Å². The van der Waals surface area contributed by atoms with Gasteiger partial charge in [-0.15, -0.1) is 0 Å². The van der Waals surface area contributed by atoms with Crippen molar-refractivity contribution in [2.45, 2.75) is 59.0 Å². The summed E-state index contributed by atoms with van der Waals surface area (Å²) in [6, 6.07) is 0.462. The first-order valence-corrected chi connectivity index (χ1v) is 6.20. The molecule has 0 aromatic carbocycles. The highest BCUT2D eigenvalue weighted by Crippen LogP contribution is 2.39. The van der Waals surface area contributed by atoms with E-state index in [4.69, 9.17) is 5.11 Å². The molecule has 0 aliphatic heterocycles. The van der Waals surface area contributed by atoms with Crippen LogP contribution in [0.5, 0.6) is 0 Å². The number of hydrogen-bond acceptors (Lipinski definition) is 2. The number of carbonyl (C=O) groups is 1. The predicted molar refractivity (Wildman–Crippen MR) is 65.4 cm³/mol. The highest BCUT2D eigenvalue weighted by molar-refractivity contribution is 5.69. The van der Waals surface area contributed by atoms with Gasteiger partial charge in [-0.05, 0) is 45.4 Å². The van der Waals surface area contributed by atoms with E-state index >= 15 is 0 Å². The van der Waals surface area contributed by atoms with E-state index in [2.05, 4.69) is 39.5 Å². The SMILES string of the molecule is CC(C)C1CC(N(CC(=O)O)C(C)(C)C)C1. The average Bonchev–Trinajstić information content (AvgIpc) is 1.95. The molecule has 0 bridgehead atoms. The summed E-state index contributed by atoms with van der Waals surface area (Å²) in [6.07, 6.45) is 2.31. The summed E-state index contributed by atoms with van der Waals surface area (Å²) in [4.78, 5) is 13.0. The van der Waals surface area contributed by atoms with Crippen molar-refractivity contribution in [3.63, 3.8) is 0 Å². The van der Waals surface area contributed by atoms with Crippen molar-refractivity contribution in [3.8, 4) is 0 Å². The van der Waals surface area contributed by atoms with Crippen LogP contribution < -0.4 is 0 Å². The van der Waals surface area contributed by atoms with Crippen LogP contribution in [-0.2, 0) is 4.79 Å². The zero-order chi connectivity index (χ0) is 12.5. The molecule has 0 amide bonds. The summed E-state index contributed by atoms with van der Waals surface area (Å²) >= 11 is 0. The molecular formula is C13H25NO2. The van der Waals surface area contributed by atoms with Gasteiger partial charge in [0.25, 0.3) is 0 Å². The first-order chi connectivity index (χ1) is 7.21. The number of carboxylic acids is 1. The zero-order valence-electron chi connectivity index (χ0n) is 11.2. The lowest BCUT2D eigenvalue weighted by molar-refractivity contribution is -0.142. The molecule has 0 saturated heterocycles. The Bertz CT molecular complexity index is 249. The monoisotopic (exact) mass is 227 g/mol. The van der Waals surface area contributed by atoms with E-state index in [1.165, 1.54) is 0 Å². The summed E-state index contributed by atoms with van der Waals surface area (Å²) in [7, 11) is 0. The number of hydrogen-bond donors (Lipinski definition) is 1. The van der Waals surface area contributed by atoms with Gasteiger partial charge in [0.15, 0.2) is 0 Å². The molecule has 3 heteroatoms. The molecule has 1 aliphatic carbocycles. The van der Waals surface area contributed by atoms with E-state index in [1.807, 2.05) is 0 Å². The van der Waals surface area contributed by atoms with Crippen LogP contribution in [-0.4, -0.2) is 34.1 Å². The third kappa shape index (κ3) is 3.21. The minimum atomic E-state index is -0.720. The molecule has 16 heavy (non-hydrogen) atoms. The normalized spacial score (nSPS) is 25.9. The molecule has 0 aromatic rings. The van der Waals surface area contributed by atoms with Crippen molar-refractivity contribution >= 4 is 5.97 Å². The van der Waals surface area contributed by atoms with Gasteiger partial charge >= 0.3 is 5.97 Å². The molecule has 1 saturated carbocycles. The highest BCUT2D eigenvalue weighted by Gasteiger charge is 2.39. The van der Waals surface area contributed by atoms with Gasteiger partial charge in [0.2, 0.25) is 0 Å². The Labute approximate surface area is 98.8 Å². The van der Waals surface area contributed by atoms with E-state index < -0.39 is 5.97 Å². The fraction of sp³-hybridized carbons (Fsp3) is 0.923. The Balaban J connectivity index is 2.57. The minimum Gasteiger partial charge on any atom is -0.480 e. The Hall–Kier alpha value is -0.570. The summed E-state index contributed by atoms with van der Waals surface area (Å²) in [5.74, 6) is 0.787. The molecule has 0 spiro atoms. The zero-order valence-corrected chi connectivity index (χ0v) is 11.2. The van der Waals surface area contributed by atoms with Gasteiger partial charge in [0.1, 0.15) is 0 Å². The Morgan fingerprint density at radius 2 is 1.88 bits per heavy atom. The van der Waals surface area contributed by atoms with Crippen molar-refractivity contribution in [2.75, 3.05) is 6.54 Å². The molecule has 0 aromatic heterocycles. The molecule has 0 unspecified atom stereocenters. The summed E-state index contributed by atoms with van der Waals surface area (Å²) in [6.45, 7) is 11.0. The van der Waals surface area contributed by atoms with Crippen molar-refractivity contribution in [3.05, 3.63) is 0 Å². The Kier molecular flexibility index (Phi) is 4.00.